The topological polar surface area (TPSA) is 95.9 Å². The molecule has 6 nitrogen and oxygen atoms in total. The van der Waals surface area contributed by atoms with Gasteiger partial charge in [0.15, 0.2) is 0 Å². The number of rotatable bonds is 77. The number of carbonyl (C=O) groups excluding carboxylic acids is 2. The average Bonchev–Trinajstić information content (AvgIpc) is 3.59. The number of hydrogen-bond donors (Lipinski definition) is 3. The van der Waals surface area contributed by atoms with Gasteiger partial charge < -0.3 is 20.3 Å². The highest BCUT2D eigenvalue weighted by atomic mass is 16.5. The van der Waals surface area contributed by atoms with Gasteiger partial charge in [0.2, 0.25) is 5.91 Å². The summed E-state index contributed by atoms with van der Waals surface area (Å²) in [6, 6.07) is -0.541. The van der Waals surface area contributed by atoms with Crippen LogP contribution in [0.5, 0.6) is 0 Å². The van der Waals surface area contributed by atoms with Crippen molar-refractivity contribution in [2.45, 2.75) is 469 Å². The van der Waals surface area contributed by atoms with Crippen LogP contribution < -0.4 is 5.32 Å². The molecule has 0 spiro atoms. The van der Waals surface area contributed by atoms with E-state index in [1.807, 2.05) is 0 Å². The molecule has 89 heavy (non-hydrogen) atoms. The van der Waals surface area contributed by atoms with Gasteiger partial charge in [0.25, 0.3) is 0 Å². The third-order valence-corrected chi connectivity index (χ3v) is 19.2. The summed E-state index contributed by atoms with van der Waals surface area (Å²) in [6.07, 6.45) is 102. The second-order valence-electron chi connectivity index (χ2n) is 28.1. The molecule has 526 valence electrons. The predicted octanol–water partition coefficient (Wildman–Crippen LogP) is 27.0. The van der Waals surface area contributed by atoms with Gasteiger partial charge in [-0.15, -0.1) is 0 Å². The fraction of sp³-hybridized carbons (Fsp3) is 0.904. The number of aliphatic hydroxyl groups is 2. The smallest absolute Gasteiger partial charge is 0.305 e. The molecule has 0 aromatic rings. The van der Waals surface area contributed by atoms with Crippen LogP contribution in [0, 0.1) is 0 Å². The summed E-state index contributed by atoms with van der Waals surface area (Å²) in [7, 11) is 0. The highest BCUT2D eigenvalue weighted by molar-refractivity contribution is 5.76. The van der Waals surface area contributed by atoms with Crippen LogP contribution in [0.3, 0.4) is 0 Å². The molecule has 0 aliphatic rings. The molecule has 0 aromatic carbocycles. The lowest BCUT2D eigenvalue weighted by Gasteiger charge is -2.22. The number of nitrogens with one attached hydrogen (secondary N) is 1. The monoisotopic (exact) mass is 1250 g/mol. The average molecular weight is 1250 g/mol. The van der Waals surface area contributed by atoms with Gasteiger partial charge in [0.05, 0.1) is 25.4 Å². The highest BCUT2D eigenvalue weighted by Gasteiger charge is 2.20. The molecule has 0 saturated heterocycles. The Bertz CT molecular complexity index is 1440. The van der Waals surface area contributed by atoms with Crippen molar-refractivity contribution in [1.82, 2.24) is 5.32 Å². The molecular formula is C83H159NO5. The molecule has 0 radical (unpaired) electrons. The summed E-state index contributed by atoms with van der Waals surface area (Å²) in [5, 5.41) is 23.5. The fourth-order valence-electron chi connectivity index (χ4n) is 13.0. The van der Waals surface area contributed by atoms with E-state index in [9.17, 15) is 19.8 Å². The van der Waals surface area contributed by atoms with E-state index in [0.717, 1.165) is 51.4 Å². The maximum atomic E-state index is 12.6. The van der Waals surface area contributed by atoms with Crippen molar-refractivity contribution in [2.24, 2.45) is 0 Å². The third kappa shape index (κ3) is 75.0. The molecule has 2 unspecified atom stereocenters. The van der Waals surface area contributed by atoms with Crippen LogP contribution in [-0.2, 0) is 14.3 Å². The maximum Gasteiger partial charge on any atom is 0.305 e. The van der Waals surface area contributed by atoms with Crippen molar-refractivity contribution in [3.8, 4) is 0 Å². The summed E-state index contributed by atoms with van der Waals surface area (Å²) >= 11 is 0. The Morgan fingerprint density at radius 3 is 0.888 bits per heavy atom. The highest BCUT2D eigenvalue weighted by Crippen LogP contribution is 2.20. The zero-order valence-corrected chi connectivity index (χ0v) is 60.4. The number of amides is 1. The molecule has 0 bridgehead atoms. The van der Waals surface area contributed by atoms with Crippen molar-refractivity contribution in [2.75, 3.05) is 13.2 Å². The van der Waals surface area contributed by atoms with Crippen LogP contribution in [0.4, 0.5) is 0 Å². The largest absolute Gasteiger partial charge is 0.466 e. The summed E-state index contributed by atoms with van der Waals surface area (Å²) in [5.74, 6) is -0.0149. The SMILES string of the molecule is CCCCC/C=C\C/C=C\CCCCCCCCCC(=O)OCCCCCCCCCCCCCC/C=C\CCCCCCCCCCCCCCCCCCCC(=O)NC(CO)C(O)CCCCCCCCCCCCCCCCCCCCCCCC. The lowest BCUT2D eigenvalue weighted by Crippen LogP contribution is -2.45. The van der Waals surface area contributed by atoms with E-state index in [-0.39, 0.29) is 18.5 Å². The zero-order valence-electron chi connectivity index (χ0n) is 60.4. The molecule has 0 heterocycles. The van der Waals surface area contributed by atoms with Crippen molar-refractivity contribution < 1.29 is 24.5 Å². The van der Waals surface area contributed by atoms with Gasteiger partial charge >= 0.3 is 5.97 Å². The van der Waals surface area contributed by atoms with Crippen LogP contribution in [0.25, 0.3) is 0 Å². The molecule has 0 aliphatic carbocycles. The fourth-order valence-corrected chi connectivity index (χ4v) is 13.0. The number of unbranched alkanes of at least 4 members (excludes halogenated alkanes) is 60. The Kier molecular flexibility index (Phi) is 76.8. The minimum absolute atomic E-state index is 0.0117. The van der Waals surface area contributed by atoms with Crippen molar-refractivity contribution in [1.29, 1.82) is 0 Å². The van der Waals surface area contributed by atoms with Gasteiger partial charge in [-0.3, -0.25) is 9.59 Å². The minimum Gasteiger partial charge on any atom is -0.466 e. The molecule has 0 fully saturated rings. The van der Waals surface area contributed by atoms with Gasteiger partial charge in [-0.25, -0.2) is 0 Å². The zero-order chi connectivity index (χ0) is 64.2. The Morgan fingerprint density at radius 1 is 0.315 bits per heavy atom. The number of hydrogen-bond acceptors (Lipinski definition) is 5. The molecule has 0 aliphatic heterocycles. The second kappa shape index (κ2) is 78.5. The Hall–Kier alpha value is -1.92. The van der Waals surface area contributed by atoms with Crippen LogP contribution in [0.2, 0.25) is 0 Å². The summed E-state index contributed by atoms with van der Waals surface area (Å²) in [6.45, 7) is 4.97. The van der Waals surface area contributed by atoms with Crippen molar-refractivity contribution in [3.05, 3.63) is 36.5 Å². The van der Waals surface area contributed by atoms with Crippen LogP contribution in [-0.4, -0.2) is 47.4 Å². The Labute approximate surface area is 557 Å². The van der Waals surface area contributed by atoms with E-state index in [0.29, 0.717) is 25.9 Å². The van der Waals surface area contributed by atoms with Gasteiger partial charge in [-0.2, -0.15) is 0 Å². The lowest BCUT2D eigenvalue weighted by molar-refractivity contribution is -0.143. The number of ether oxygens (including phenoxy) is 1. The number of esters is 1. The van der Waals surface area contributed by atoms with Crippen LogP contribution >= 0.6 is 0 Å². The summed E-state index contributed by atoms with van der Waals surface area (Å²) in [4.78, 5) is 24.7. The Morgan fingerprint density at radius 2 is 0.562 bits per heavy atom. The van der Waals surface area contributed by atoms with Gasteiger partial charge in [-0.1, -0.05) is 397 Å². The van der Waals surface area contributed by atoms with E-state index in [4.69, 9.17) is 4.74 Å². The molecule has 0 aromatic heterocycles. The second-order valence-corrected chi connectivity index (χ2v) is 28.1. The molecule has 2 atom stereocenters. The lowest BCUT2D eigenvalue weighted by atomic mass is 10.0. The normalized spacial score (nSPS) is 12.6. The van der Waals surface area contributed by atoms with E-state index in [1.54, 1.807) is 0 Å². The van der Waals surface area contributed by atoms with Gasteiger partial charge in [0, 0.05) is 12.8 Å². The van der Waals surface area contributed by atoms with Crippen LogP contribution in [0.1, 0.15) is 457 Å². The molecule has 3 N–H and O–H groups in total. The standard InChI is InChI=1S/C83H159NO5/c1-3-5-7-9-11-13-15-17-19-21-22-23-37-40-44-47-51-55-59-63-67-71-75-81(86)80(79-85)84-82(87)76-72-68-64-60-56-52-48-45-41-38-35-33-31-29-27-25-24-26-28-30-32-34-36-39-42-46-50-54-58-62-66-70-74-78-89-83(88)77-73-69-65-61-57-53-49-43-20-18-16-14-12-10-8-6-4-2/h12,14,18,20,28,30,80-81,85-86H,3-11,13,15-17,19,21-27,29,31-79H2,1-2H3,(H,84,87)/b14-12-,20-18-,30-28-. The van der Waals surface area contributed by atoms with E-state index >= 15 is 0 Å². The van der Waals surface area contributed by atoms with Crippen molar-refractivity contribution >= 4 is 11.9 Å². The summed E-state index contributed by atoms with van der Waals surface area (Å²) < 4.78 is 5.50. The van der Waals surface area contributed by atoms with Gasteiger partial charge in [0.1, 0.15) is 0 Å². The predicted molar refractivity (Wildman–Crippen MR) is 393 cm³/mol. The number of aliphatic hydroxyl groups excluding tert-OH is 2. The first-order valence-corrected chi connectivity index (χ1v) is 40.7. The van der Waals surface area contributed by atoms with E-state index in [2.05, 4.69) is 55.6 Å². The Balaban J connectivity index is 3.35. The summed E-state index contributed by atoms with van der Waals surface area (Å²) in [5.41, 5.74) is 0. The van der Waals surface area contributed by atoms with Crippen molar-refractivity contribution in [3.63, 3.8) is 0 Å². The molecule has 0 saturated carbocycles. The molecule has 1 amide bonds. The minimum atomic E-state index is -0.664. The maximum absolute atomic E-state index is 12.6. The molecule has 6 heteroatoms. The first kappa shape index (κ1) is 87.1. The van der Waals surface area contributed by atoms with E-state index in [1.165, 1.54) is 372 Å². The first-order valence-electron chi connectivity index (χ1n) is 40.7. The van der Waals surface area contributed by atoms with Gasteiger partial charge in [-0.05, 0) is 83.5 Å². The molecule has 0 rings (SSSR count). The van der Waals surface area contributed by atoms with E-state index < -0.39 is 12.1 Å². The molecular weight excluding hydrogens is 1090 g/mol. The van der Waals surface area contributed by atoms with Crippen LogP contribution in [0.15, 0.2) is 36.5 Å². The number of carbonyl (C=O) groups is 2. The third-order valence-electron chi connectivity index (χ3n) is 19.2. The first-order chi connectivity index (χ1) is 44.0. The number of allylic oxidation sites excluding steroid dienone is 6. The quantitative estimate of drug-likeness (QED) is 0.0320.